The standard InChI is InChI=1S/C12H9N3O3/c16-12(17)9-2-1-3-10-11(9)13-7-15(10)6-8-4-5-14-18-8/h1-5,7H,6H2,(H,16,17). The number of carboxylic acids is 1. The zero-order valence-corrected chi connectivity index (χ0v) is 9.28. The second kappa shape index (κ2) is 3.99. The van der Waals surface area contributed by atoms with E-state index in [1.54, 1.807) is 24.7 Å². The van der Waals surface area contributed by atoms with Gasteiger partial charge in [-0.15, -0.1) is 0 Å². The third kappa shape index (κ3) is 1.64. The average molecular weight is 243 g/mol. The lowest BCUT2D eigenvalue weighted by Gasteiger charge is -2.01. The van der Waals surface area contributed by atoms with E-state index < -0.39 is 5.97 Å². The van der Waals surface area contributed by atoms with Gasteiger partial charge in [0.2, 0.25) is 0 Å². The van der Waals surface area contributed by atoms with E-state index in [1.165, 1.54) is 6.07 Å². The molecule has 0 aliphatic heterocycles. The fraction of sp³-hybridized carbons (Fsp3) is 0.0833. The van der Waals surface area contributed by atoms with E-state index in [-0.39, 0.29) is 5.56 Å². The van der Waals surface area contributed by atoms with Crippen molar-refractivity contribution in [3.8, 4) is 0 Å². The van der Waals surface area contributed by atoms with Gasteiger partial charge < -0.3 is 14.2 Å². The second-order valence-electron chi connectivity index (χ2n) is 3.83. The molecule has 0 amide bonds. The predicted octanol–water partition coefficient (Wildman–Crippen LogP) is 1.77. The zero-order chi connectivity index (χ0) is 12.5. The molecule has 0 radical (unpaired) electrons. The molecule has 0 spiro atoms. The number of carbonyl (C=O) groups is 1. The number of hydrogen-bond donors (Lipinski definition) is 1. The minimum Gasteiger partial charge on any atom is -0.478 e. The molecule has 1 N–H and O–H groups in total. The summed E-state index contributed by atoms with van der Waals surface area (Å²) < 4.78 is 6.84. The van der Waals surface area contributed by atoms with Gasteiger partial charge in [-0.3, -0.25) is 0 Å². The van der Waals surface area contributed by atoms with Crippen molar-refractivity contribution in [1.29, 1.82) is 0 Å². The van der Waals surface area contributed by atoms with Crippen molar-refractivity contribution in [1.82, 2.24) is 14.7 Å². The first-order valence-electron chi connectivity index (χ1n) is 5.32. The fourth-order valence-electron chi connectivity index (χ4n) is 1.88. The largest absolute Gasteiger partial charge is 0.478 e. The van der Waals surface area contributed by atoms with Gasteiger partial charge in [0.1, 0.15) is 5.52 Å². The van der Waals surface area contributed by atoms with Gasteiger partial charge in [-0.05, 0) is 12.1 Å². The minimum absolute atomic E-state index is 0.198. The summed E-state index contributed by atoms with van der Waals surface area (Å²) in [6.07, 6.45) is 3.16. The lowest BCUT2D eigenvalue weighted by Crippen LogP contribution is -1.99. The van der Waals surface area contributed by atoms with Crippen LogP contribution in [0, 0.1) is 0 Å². The molecule has 18 heavy (non-hydrogen) atoms. The maximum Gasteiger partial charge on any atom is 0.337 e. The third-order valence-electron chi connectivity index (χ3n) is 2.70. The van der Waals surface area contributed by atoms with Crippen molar-refractivity contribution < 1.29 is 14.4 Å². The van der Waals surface area contributed by atoms with Crippen LogP contribution in [-0.4, -0.2) is 25.8 Å². The van der Waals surface area contributed by atoms with Gasteiger partial charge in [0.05, 0.1) is 30.1 Å². The van der Waals surface area contributed by atoms with E-state index >= 15 is 0 Å². The van der Waals surface area contributed by atoms with E-state index in [0.717, 1.165) is 5.52 Å². The van der Waals surface area contributed by atoms with Crippen molar-refractivity contribution in [3.63, 3.8) is 0 Å². The predicted molar refractivity (Wildman–Crippen MR) is 62.3 cm³/mol. The summed E-state index contributed by atoms with van der Waals surface area (Å²) >= 11 is 0. The molecule has 0 atom stereocenters. The van der Waals surface area contributed by atoms with Crippen LogP contribution in [0.4, 0.5) is 0 Å². The van der Waals surface area contributed by atoms with E-state index in [4.69, 9.17) is 9.63 Å². The number of hydrogen-bond acceptors (Lipinski definition) is 4. The Bertz CT molecular complexity index is 701. The molecule has 3 rings (SSSR count). The summed E-state index contributed by atoms with van der Waals surface area (Å²) in [5.74, 6) is -0.291. The zero-order valence-electron chi connectivity index (χ0n) is 9.28. The first-order valence-corrected chi connectivity index (χ1v) is 5.32. The Hall–Kier alpha value is -2.63. The van der Waals surface area contributed by atoms with Crippen LogP contribution in [0.2, 0.25) is 0 Å². The summed E-state index contributed by atoms with van der Waals surface area (Å²) in [4.78, 5) is 15.2. The second-order valence-corrected chi connectivity index (χ2v) is 3.83. The van der Waals surface area contributed by atoms with Gasteiger partial charge in [0.15, 0.2) is 5.76 Å². The Morgan fingerprint density at radius 2 is 2.28 bits per heavy atom. The smallest absolute Gasteiger partial charge is 0.337 e. The van der Waals surface area contributed by atoms with Crippen LogP contribution in [-0.2, 0) is 6.54 Å². The average Bonchev–Trinajstić information content (AvgIpc) is 2.99. The fourth-order valence-corrected chi connectivity index (χ4v) is 1.88. The number of para-hydroxylation sites is 1. The number of imidazole rings is 1. The summed E-state index contributed by atoms with van der Waals surface area (Å²) in [5.41, 5.74) is 1.43. The SMILES string of the molecule is O=C(O)c1cccc2c1ncn2Cc1ccno1. The van der Waals surface area contributed by atoms with Crippen molar-refractivity contribution in [2.24, 2.45) is 0 Å². The molecule has 0 saturated carbocycles. The highest BCUT2D eigenvalue weighted by Gasteiger charge is 2.12. The molecule has 0 aliphatic rings. The Kier molecular flexibility index (Phi) is 2.33. The Balaban J connectivity index is 2.09. The summed E-state index contributed by atoms with van der Waals surface area (Å²) in [6, 6.07) is 6.82. The molecule has 0 bridgehead atoms. The highest BCUT2D eigenvalue weighted by Crippen LogP contribution is 2.18. The van der Waals surface area contributed by atoms with Gasteiger partial charge >= 0.3 is 5.97 Å². The Morgan fingerprint density at radius 1 is 1.39 bits per heavy atom. The quantitative estimate of drug-likeness (QED) is 0.758. The van der Waals surface area contributed by atoms with Crippen molar-refractivity contribution in [3.05, 3.63) is 48.1 Å². The van der Waals surface area contributed by atoms with Crippen molar-refractivity contribution in [2.45, 2.75) is 6.54 Å². The van der Waals surface area contributed by atoms with Gasteiger partial charge in [0, 0.05) is 6.07 Å². The van der Waals surface area contributed by atoms with Crippen LogP contribution in [0.15, 0.2) is 41.3 Å². The first-order chi connectivity index (χ1) is 8.75. The highest BCUT2D eigenvalue weighted by molar-refractivity contribution is 6.00. The van der Waals surface area contributed by atoms with Crippen LogP contribution < -0.4 is 0 Å². The molecular weight excluding hydrogens is 234 g/mol. The van der Waals surface area contributed by atoms with Gasteiger partial charge in [-0.2, -0.15) is 0 Å². The lowest BCUT2D eigenvalue weighted by molar-refractivity contribution is 0.0699. The molecule has 2 heterocycles. The molecule has 0 aliphatic carbocycles. The molecule has 3 aromatic rings. The molecule has 0 saturated heterocycles. The number of benzene rings is 1. The van der Waals surface area contributed by atoms with E-state index in [2.05, 4.69) is 10.1 Å². The normalized spacial score (nSPS) is 10.9. The van der Waals surface area contributed by atoms with Crippen LogP contribution in [0.5, 0.6) is 0 Å². The van der Waals surface area contributed by atoms with Gasteiger partial charge in [-0.1, -0.05) is 11.2 Å². The van der Waals surface area contributed by atoms with Gasteiger partial charge in [-0.25, -0.2) is 9.78 Å². The van der Waals surface area contributed by atoms with E-state index in [1.807, 2.05) is 10.6 Å². The number of fused-ring (bicyclic) bond motifs is 1. The molecule has 0 fully saturated rings. The summed E-state index contributed by atoms with van der Waals surface area (Å²) in [6.45, 7) is 0.472. The number of carboxylic acid groups (broad SMARTS) is 1. The third-order valence-corrected chi connectivity index (χ3v) is 2.70. The Morgan fingerprint density at radius 3 is 3.00 bits per heavy atom. The molecule has 6 heteroatoms. The number of nitrogens with zero attached hydrogens (tertiary/aromatic N) is 3. The van der Waals surface area contributed by atoms with Crippen LogP contribution in [0.25, 0.3) is 11.0 Å². The molecule has 90 valence electrons. The topological polar surface area (TPSA) is 81.1 Å². The highest BCUT2D eigenvalue weighted by atomic mass is 16.5. The molecule has 0 unspecified atom stereocenters. The number of aromatic nitrogens is 3. The van der Waals surface area contributed by atoms with Crippen LogP contribution >= 0.6 is 0 Å². The summed E-state index contributed by atoms with van der Waals surface area (Å²) in [5, 5.41) is 12.7. The van der Waals surface area contributed by atoms with E-state index in [9.17, 15) is 4.79 Å². The first kappa shape index (κ1) is 10.5. The van der Waals surface area contributed by atoms with Crippen LogP contribution in [0.1, 0.15) is 16.1 Å². The monoisotopic (exact) mass is 243 g/mol. The van der Waals surface area contributed by atoms with Gasteiger partial charge in [0.25, 0.3) is 0 Å². The molecular formula is C12H9N3O3. The van der Waals surface area contributed by atoms with Crippen molar-refractivity contribution >= 4 is 17.0 Å². The molecule has 6 nitrogen and oxygen atoms in total. The maximum atomic E-state index is 11.1. The van der Waals surface area contributed by atoms with Crippen molar-refractivity contribution in [2.75, 3.05) is 0 Å². The number of rotatable bonds is 3. The molecule has 2 aromatic heterocycles. The number of aromatic carboxylic acids is 1. The molecule has 1 aromatic carbocycles. The summed E-state index contributed by atoms with van der Waals surface area (Å²) in [7, 11) is 0. The lowest BCUT2D eigenvalue weighted by atomic mass is 10.2. The Labute approximate surface area is 101 Å². The maximum absolute atomic E-state index is 11.1. The van der Waals surface area contributed by atoms with Crippen LogP contribution in [0.3, 0.4) is 0 Å². The minimum atomic E-state index is -0.981. The van der Waals surface area contributed by atoms with E-state index in [0.29, 0.717) is 17.8 Å².